The van der Waals surface area contributed by atoms with E-state index in [0.29, 0.717) is 5.69 Å². The normalized spacial score (nSPS) is 11.4. The molecule has 2 amide bonds. The highest BCUT2D eigenvalue weighted by Crippen LogP contribution is 2.30. The maximum Gasteiger partial charge on any atom is 0.416 e. The molecule has 0 atom stereocenters. The second-order valence-corrected chi connectivity index (χ2v) is 6.48. The third-order valence-electron chi connectivity index (χ3n) is 3.64. The SMILES string of the molecule is Cc1c(C(=O)Nc2ncc(C(N)=O)s2)cnn1-c1cccc(C(F)(F)F)c1. The Morgan fingerprint density at radius 3 is 2.63 bits per heavy atom. The van der Waals surface area contributed by atoms with E-state index in [2.05, 4.69) is 15.4 Å². The number of thiazole rings is 1. The summed E-state index contributed by atoms with van der Waals surface area (Å²) in [5, 5.41) is 6.67. The standard InChI is InChI=1S/C16H12F3N5O2S/c1-8-11(14(26)23-15-21-7-12(27-15)13(20)25)6-22-24(8)10-4-2-3-9(5-10)16(17,18)19/h2-7H,1H3,(H2,20,25)(H,21,23,26). The van der Waals surface area contributed by atoms with E-state index in [4.69, 9.17) is 5.73 Å². The van der Waals surface area contributed by atoms with Gasteiger partial charge in [-0.05, 0) is 25.1 Å². The van der Waals surface area contributed by atoms with Crippen LogP contribution in [0.25, 0.3) is 5.69 Å². The predicted octanol–water partition coefficient (Wildman–Crippen LogP) is 3.01. The first-order valence-electron chi connectivity index (χ1n) is 7.46. The molecule has 0 saturated heterocycles. The predicted molar refractivity (Wildman–Crippen MR) is 91.9 cm³/mol. The molecule has 0 aliphatic carbocycles. The van der Waals surface area contributed by atoms with Crippen LogP contribution in [0.2, 0.25) is 0 Å². The maximum atomic E-state index is 12.9. The van der Waals surface area contributed by atoms with Crippen molar-refractivity contribution in [2.45, 2.75) is 13.1 Å². The lowest BCUT2D eigenvalue weighted by Crippen LogP contribution is -2.13. The van der Waals surface area contributed by atoms with Gasteiger partial charge < -0.3 is 5.73 Å². The fourth-order valence-electron chi connectivity index (χ4n) is 2.32. The van der Waals surface area contributed by atoms with E-state index in [-0.39, 0.29) is 21.3 Å². The lowest BCUT2D eigenvalue weighted by molar-refractivity contribution is -0.137. The fraction of sp³-hybridized carbons (Fsp3) is 0.125. The monoisotopic (exact) mass is 395 g/mol. The largest absolute Gasteiger partial charge is 0.416 e. The molecule has 2 aromatic heterocycles. The Kier molecular flexibility index (Phi) is 4.70. The van der Waals surface area contributed by atoms with Gasteiger partial charge in [-0.2, -0.15) is 18.3 Å². The molecule has 1 aromatic carbocycles. The summed E-state index contributed by atoms with van der Waals surface area (Å²) in [7, 11) is 0. The highest BCUT2D eigenvalue weighted by molar-refractivity contribution is 7.17. The van der Waals surface area contributed by atoms with Gasteiger partial charge in [0.25, 0.3) is 11.8 Å². The summed E-state index contributed by atoms with van der Waals surface area (Å²) in [6.07, 6.45) is -2.00. The Morgan fingerprint density at radius 1 is 1.26 bits per heavy atom. The number of rotatable bonds is 4. The minimum atomic E-state index is -4.49. The molecule has 3 aromatic rings. The molecule has 3 N–H and O–H groups in total. The molecular formula is C16H12F3N5O2S. The molecule has 0 radical (unpaired) electrons. The van der Waals surface area contributed by atoms with Crippen molar-refractivity contribution in [3.8, 4) is 5.69 Å². The van der Waals surface area contributed by atoms with Gasteiger partial charge in [-0.3, -0.25) is 14.9 Å². The first-order valence-corrected chi connectivity index (χ1v) is 8.27. The molecule has 27 heavy (non-hydrogen) atoms. The zero-order chi connectivity index (χ0) is 19.8. The van der Waals surface area contributed by atoms with E-state index < -0.39 is 23.6 Å². The van der Waals surface area contributed by atoms with Crippen molar-refractivity contribution in [3.63, 3.8) is 0 Å². The molecule has 0 fully saturated rings. The summed E-state index contributed by atoms with van der Waals surface area (Å²) >= 11 is 0.908. The first-order chi connectivity index (χ1) is 12.7. The number of nitrogens with two attached hydrogens (primary N) is 1. The maximum absolute atomic E-state index is 12.9. The molecule has 7 nitrogen and oxygen atoms in total. The van der Waals surface area contributed by atoms with Gasteiger partial charge in [0.2, 0.25) is 0 Å². The van der Waals surface area contributed by atoms with Crippen molar-refractivity contribution in [2.75, 3.05) is 5.32 Å². The van der Waals surface area contributed by atoms with Crippen molar-refractivity contribution in [2.24, 2.45) is 5.73 Å². The summed E-state index contributed by atoms with van der Waals surface area (Å²) in [6, 6.07) is 4.62. The summed E-state index contributed by atoms with van der Waals surface area (Å²) in [5.41, 5.74) is 4.99. The summed E-state index contributed by atoms with van der Waals surface area (Å²) in [4.78, 5) is 27.5. The van der Waals surface area contributed by atoms with Gasteiger partial charge in [0.15, 0.2) is 5.13 Å². The average molecular weight is 395 g/mol. The Balaban J connectivity index is 1.86. The lowest BCUT2D eigenvalue weighted by Gasteiger charge is -2.10. The minimum absolute atomic E-state index is 0.156. The fourth-order valence-corrected chi connectivity index (χ4v) is 2.98. The van der Waals surface area contributed by atoms with Crippen molar-refractivity contribution >= 4 is 28.3 Å². The topological polar surface area (TPSA) is 103 Å². The third kappa shape index (κ3) is 3.82. The number of carbonyl (C=O) groups excluding carboxylic acids is 2. The van der Waals surface area contributed by atoms with Crippen LogP contribution in [-0.2, 0) is 6.18 Å². The Bertz CT molecular complexity index is 1030. The summed E-state index contributed by atoms with van der Waals surface area (Å²) in [6.45, 7) is 1.55. The molecule has 0 unspecified atom stereocenters. The number of amides is 2. The number of carbonyl (C=O) groups is 2. The van der Waals surface area contributed by atoms with E-state index in [0.717, 1.165) is 23.5 Å². The number of nitrogens with one attached hydrogen (secondary N) is 1. The van der Waals surface area contributed by atoms with Crippen molar-refractivity contribution in [1.82, 2.24) is 14.8 Å². The number of halogens is 3. The number of aromatic nitrogens is 3. The van der Waals surface area contributed by atoms with Crippen LogP contribution in [0.15, 0.2) is 36.7 Å². The van der Waals surface area contributed by atoms with Gasteiger partial charge >= 0.3 is 6.18 Å². The van der Waals surface area contributed by atoms with Gasteiger partial charge in [0.1, 0.15) is 4.88 Å². The number of nitrogens with zero attached hydrogens (tertiary/aromatic N) is 3. The smallest absolute Gasteiger partial charge is 0.365 e. The third-order valence-corrected chi connectivity index (χ3v) is 4.57. The summed E-state index contributed by atoms with van der Waals surface area (Å²) in [5.74, 6) is -1.22. The van der Waals surface area contributed by atoms with E-state index in [1.54, 1.807) is 6.92 Å². The molecule has 3 rings (SSSR count). The van der Waals surface area contributed by atoms with Crippen molar-refractivity contribution < 1.29 is 22.8 Å². The number of hydrogen-bond acceptors (Lipinski definition) is 5. The number of primary amides is 1. The Morgan fingerprint density at radius 2 is 2.00 bits per heavy atom. The van der Waals surface area contributed by atoms with E-state index >= 15 is 0 Å². The molecule has 0 bridgehead atoms. The van der Waals surface area contributed by atoms with E-state index in [1.165, 1.54) is 29.2 Å². The molecule has 0 spiro atoms. The number of benzene rings is 1. The van der Waals surface area contributed by atoms with Crippen LogP contribution in [0.1, 0.15) is 31.3 Å². The number of alkyl halides is 3. The van der Waals surface area contributed by atoms with E-state index in [9.17, 15) is 22.8 Å². The molecule has 0 aliphatic heterocycles. The zero-order valence-electron chi connectivity index (χ0n) is 13.7. The van der Waals surface area contributed by atoms with E-state index in [1.807, 2.05) is 0 Å². The lowest BCUT2D eigenvalue weighted by atomic mass is 10.2. The summed E-state index contributed by atoms with van der Waals surface area (Å²) < 4.78 is 39.9. The van der Waals surface area contributed by atoms with Crippen LogP contribution in [0.4, 0.5) is 18.3 Å². The van der Waals surface area contributed by atoms with Crippen LogP contribution >= 0.6 is 11.3 Å². The van der Waals surface area contributed by atoms with Crippen LogP contribution in [0.5, 0.6) is 0 Å². The second-order valence-electron chi connectivity index (χ2n) is 5.45. The molecule has 140 valence electrons. The quantitative estimate of drug-likeness (QED) is 0.709. The van der Waals surface area contributed by atoms with Gasteiger partial charge in [-0.25, -0.2) is 9.67 Å². The van der Waals surface area contributed by atoms with Crippen molar-refractivity contribution in [1.29, 1.82) is 0 Å². The number of anilines is 1. The highest BCUT2D eigenvalue weighted by Gasteiger charge is 2.30. The second kappa shape index (κ2) is 6.83. The minimum Gasteiger partial charge on any atom is -0.365 e. The molecule has 11 heteroatoms. The van der Waals surface area contributed by atoms with Crippen LogP contribution in [0, 0.1) is 6.92 Å². The molecule has 0 saturated carbocycles. The molecule has 2 heterocycles. The van der Waals surface area contributed by atoms with Crippen LogP contribution in [0.3, 0.4) is 0 Å². The molecule has 0 aliphatic rings. The first kappa shape index (κ1) is 18.6. The molecular weight excluding hydrogens is 383 g/mol. The van der Waals surface area contributed by atoms with Gasteiger partial charge in [0, 0.05) is 0 Å². The van der Waals surface area contributed by atoms with Gasteiger partial charge in [-0.1, -0.05) is 17.4 Å². The van der Waals surface area contributed by atoms with Gasteiger partial charge in [0.05, 0.1) is 34.9 Å². The number of hydrogen-bond donors (Lipinski definition) is 2. The Labute approximate surface area is 154 Å². The Hall–Kier alpha value is -3.21. The van der Waals surface area contributed by atoms with Crippen molar-refractivity contribution in [3.05, 3.63) is 58.4 Å². The average Bonchev–Trinajstić information content (AvgIpc) is 3.21. The van der Waals surface area contributed by atoms with Crippen LogP contribution in [-0.4, -0.2) is 26.6 Å². The van der Waals surface area contributed by atoms with Gasteiger partial charge in [-0.15, -0.1) is 0 Å². The van der Waals surface area contributed by atoms with Crippen LogP contribution < -0.4 is 11.1 Å². The highest BCUT2D eigenvalue weighted by atomic mass is 32.1. The zero-order valence-corrected chi connectivity index (χ0v) is 14.6.